The Balaban J connectivity index is 1.15. The number of thiazole rings is 1. The number of carbonyl (C=O) groups excluding carboxylic acids is 2. The summed E-state index contributed by atoms with van der Waals surface area (Å²) in [5, 5.41) is 6.54. The van der Waals surface area contributed by atoms with E-state index in [9.17, 15) is 22.8 Å². The van der Waals surface area contributed by atoms with Crippen molar-refractivity contribution in [1.29, 1.82) is 0 Å². The van der Waals surface area contributed by atoms with Gasteiger partial charge in [-0.15, -0.1) is 11.3 Å². The maximum absolute atomic E-state index is 13.1. The molecule has 0 saturated carbocycles. The topological polar surface area (TPSA) is 82.8 Å². The van der Waals surface area contributed by atoms with Crippen molar-refractivity contribution in [3.05, 3.63) is 62.9 Å². The number of piperidine rings is 1. The van der Waals surface area contributed by atoms with Crippen molar-refractivity contribution in [1.82, 2.24) is 19.9 Å². The first-order valence-electron chi connectivity index (χ1n) is 12.5. The molecule has 4 heterocycles. The van der Waals surface area contributed by atoms with Crippen molar-refractivity contribution < 1.29 is 27.3 Å². The lowest BCUT2D eigenvalue weighted by Gasteiger charge is -2.36. The van der Waals surface area contributed by atoms with Gasteiger partial charge >= 0.3 is 6.18 Å². The van der Waals surface area contributed by atoms with E-state index in [2.05, 4.69) is 10.1 Å². The molecule has 2 saturated heterocycles. The molecule has 12 heteroatoms. The Morgan fingerprint density at radius 2 is 1.68 bits per heavy atom. The molecule has 8 nitrogen and oxygen atoms in total. The molecule has 2 amide bonds. The standard InChI is InChI=1S/C26H28F3N5O3S/c1-16-22(17(2)37-31-16)25(36)33-8-6-18(7-9-33)23-30-21(15-38-23)24(35)34-12-10-32(11-13-34)20-5-3-4-19(14-20)26(27,28)29/h3-5,14-15,18H,6-13H2,1-2H3. The average Bonchev–Trinajstić information content (AvgIpc) is 3.54. The van der Waals surface area contributed by atoms with E-state index in [4.69, 9.17) is 4.52 Å². The van der Waals surface area contributed by atoms with Crippen molar-refractivity contribution in [2.24, 2.45) is 0 Å². The fraction of sp³-hybridized carbons (Fsp3) is 0.462. The fourth-order valence-corrected chi connectivity index (χ4v) is 6.02. The number of rotatable bonds is 4. The van der Waals surface area contributed by atoms with Gasteiger partial charge in [-0.1, -0.05) is 11.2 Å². The molecule has 0 radical (unpaired) electrons. The number of aromatic nitrogens is 2. The first-order valence-corrected chi connectivity index (χ1v) is 13.4. The molecule has 0 atom stereocenters. The van der Waals surface area contributed by atoms with Crippen LogP contribution in [0.25, 0.3) is 0 Å². The Morgan fingerprint density at radius 3 is 2.32 bits per heavy atom. The number of anilines is 1. The largest absolute Gasteiger partial charge is 0.416 e. The summed E-state index contributed by atoms with van der Waals surface area (Å²) in [7, 11) is 0. The van der Waals surface area contributed by atoms with Crippen molar-refractivity contribution >= 4 is 28.8 Å². The Hall–Kier alpha value is -3.41. The molecule has 0 aliphatic carbocycles. The number of benzene rings is 1. The highest BCUT2D eigenvalue weighted by atomic mass is 32.1. The third-order valence-corrected chi connectivity index (χ3v) is 8.23. The number of nitrogens with zero attached hydrogens (tertiary/aromatic N) is 5. The van der Waals surface area contributed by atoms with Gasteiger partial charge in [0, 0.05) is 56.3 Å². The molecular formula is C26H28F3N5O3S. The van der Waals surface area contributed by atoms with Gasteiger partial charge in [0.05, 0.1) is 16.3 Å². The molecule has 2 fully saturated rings. The molecule has 1 aromatic carbocycles. The molecule has 2 aromatic heterocycles. The molecule has 2 aliphatic rings. The van der Waals surface area contributed by atoms with E-state index < -0.39 is 11.7 Å². The van der Waals surface area contributed by atoms with Gasteiger partial charge in [-0.05, 0) is 44.9 Å². The zero-order chi connectivity index (χ0) is 27.0. The molecule has 2 aliphatic heterocycles. The van der Waals surface area contributed by atoms with Crippen molar-refractivity contribution in [2.45, 2.75) is 38.8 Å². The summed E-state index contributed by atoms with van der Waals surface area (Å²) in [5.41, 5.74) is 1.34. The van der Waals surface area contributed by atoms with Gasteiger partial charge in [-0.3, -0.25) is 9.59 Å². The van der Waals surface area contributed by atoms with Crippen LogP contribution in [0.2, 0.25) is 0 Å². The van der Waals surface area contributed by atoms with Crippen LogP contribution in [0.5, 0.6) is 0 Å². The maximum atomic E-state index is 13.1. The minimum absolute atomic E-state index is 0.0704. The molecule has 5 rings (SSSR count). The number of halogens is 3. The lowest BCUT2D eigenvalue weighted by Crippen LogP contribution is -2.49. The molecule has 0 bridgehead atoms. The van der Waals surface area contributed by atoms with E-state index in [1.807, 2.05) is 9.80 Å². The summed E-state index contributed by atoms with van der Waals surface area (Å²) in [6.07, 6.45) is -2.88. The quantitative estimate of drug-likeness (QED) is 0.469. The second-order valence-electron chi connectivity index (χ2n) is 9.66. The van der Waals surface area contributed by atoms with E-state index in [1.165, 1.54) is 17.4 Å². The van der Waals surface area contributed by atoms with Crippen LogP contribution in [-0.4, -0.2) is 71.0 Å². The number of piperazine rings is 1. The SMILES string of the molecule is Cc1noc(C)c1C(=O)N1CCC(c2nc(C(=O)N3CCN(c4cccc(C(F)(F)F)c4)CC3)cs2)CC1. The van der Waals surface area contributed by atoms with Crippen LogP contribution in [0.4, 0.5) is 18.9 Å². The van der Waals surface area contributed by atoms with E-state index in [1.54, 1.807) is 30.2 Å². The molecule has 0 N–H and O–H groups in total. The lowest BCUT2D eigenvalue weighted by atomic mass is 9.97. The molecule has 38 heavy (non-hydrogen) atoms. The molecule has 202 valence electrons. The summed E-state index contributed by atoms with van der Waals surface area (Å²) >= 11 is 1.46. The molecule has 3 aromatic rings. The van der Waals surface area contributed by atoms with Crippen LogP contribution >= 0.6 is 11.3 Å². The number of amides is 2. The van der Waals surface area contributed by atoms with Crippen LogP contribution in [0.1, 0.15) is 61.6 Å². The van der Waals surface area contributed by atoms with Gasteiger partial charge in [-0.2, -0.15) is 13.2 Å². The van der Waals surface area contributed by atoms with Crippen LogP contribution in [-0.2, 0) is 6.18 Å². The minimum Gasteiger partial charge on any atom is -0.368 e. The van der Waals surface area contributed by atoms with Crippen molar-refractivity contribution in [3.63, 3.8) is 0 Å². The zero-order valence-electron chi connectivity index (χ0n) is 21.1. The highest BCUT2D eigenvalue weighted by Gasteiger charge is 2.32. The summed E-state index contributed by atoms with van der Waals surface area (Å²) in [6.45, 7) is 6.38. The first-order chi connectivity index (χ1) is 18.1. The highest BCUT2D eigenvalue weighted by molar-refractivity contribution is 7.09. The highest BCUT2D eigenvalue weighted by Crippen LogP contribution is 2.33. The number of hydrogen-bond acceptors (Lipinski definition) is 7. The second kappa shape index (κ2) is 10.4. The van der Waals surface area contributed by atoms with Gasteiger partial charge in [0.2, 0.25) is 0 Å². The fourth-order valence-electron chi connectivity index (χ4n) is 5.06. The Kier molecular flexibility index (Phi) is 7.17. The first kappa shape index (κ1) is 26.2. The number of likely N-dealkylation sites (tertiary alicyclic amines) is 1. The third kappa shape index (κ3) is 5.27. The van der Waals surface area contributed by atoms with E-state index in [-0.39, 0.29) is 17.7 Å². The van der Waals surface area contributed by atoms with Crippen molar-refractivity contribution in [2.75, 3.05) is 44.2 Å². The van der Waals surface area contributed by atoms with Gasteiger partial charge in [0.25, 0.3) is 11.8 Å². The lowest BCUT2D eigenvalue weighted by molar-refractivity contribution is -0.137. The van der Waals surface area contributed by atoms with Crippen LogP contribution < -0.4 is 4.90 Å². The zero-order valence-corrected chi connectivity index (χ0v) is 21.9. The predicted molar refractivity (Wildman–Crippen MR) is 136 cm³/mol. The summed E-state index contributed by atoms with van der Waals surface area (Å²) < 4.78 is 44.3. The number of alkyl halides is 3. The van der Waals surface area contributed by atoms with Gasteiger partial charge in [0.1, 0.15) is 17.0 Å². The predicted octanol–water partition coefficient (Wildman–Crippen LogP) is 4.75. The second-order valence-corrected chi connectivity index (χ2v) is 10.6. The average molecular weight is 548 g/mol. The van der Waals surface area contributed by atoms with Crippen LogP contribution in [0.15, 0.2) is 34.2 Å². The monoisotopic (exact) mass is 547 g/mol. The Bertz CT molecular complexity index is 1300. The number of aryl methyl sites for hydroxylation is 2. The number of hydrogen-bond donors (Lipinski definition) is 0. The normalized spacial score (nSPS) is 17.2. The van der Waals surface area contributed by atoms with Crippen LogP contribution in [0, 0.1) is 13.8 Å². The third-order valence-electron chi connectivity index (χ3n) is 7.23. The maximum Gasteiger partial charge on any atom is 0.416 e. The Labute approximate surface area is 222 Å². The van der Waals surface area contributed by atoms with E-state index in [0.29, 0.717) is 67.7 Å². The molecule has 0 spiro atoms. The Morgan fingerprint density at radius 1 is 1.00 bits per heavy atom. The van der Waals surface area contributed by atoms with Crippen LogP contribution in [0.3, 0.4) is 0 Å². The van der Waals surface area contributed by atoms with E-state index >= 15 is 0 Å². The summed E-state index contributed by atoms with van der Waals surface area (Å²) in [5.74, 6) is 0.461. The van der Waals surface area contributed by atoms with Gasteiger partial charge < -0.3 is 19.2 Å². The molecule has 0 unspecified atom stereocenters. The minimum atomic E-state index is -4.39. The smallest absolute Gasteiger partial charge is 0.368 e. The number of carbonyl (C=O) groups is 2. The van der Waals surface area contributed by atoms with Crippen molar-refractivity contribution in [3.8, 4) is 0 Å². The summed E-state index contributed by atoms with van der Waals surface area (Å²) in [4.78, 5) is 36.0. The van der Waals surface area contributed by atoms with E-state index in [0.717, 1.165) is 30.0 Å². The summed E-state index contributed by atoms with van der Waals surface area (Å²) in [6, 6.07) is 5.28. The van der Waals surface area contributed by atoms with Gasteiger partial charge in [-0.25, -0.2) is 4.98 Å². The van der Waals surface area contributed by atoms with Gasteiger partial charge in [0.15, 0.2) is 0 Å². The molecular weight excluding hydrogens is 519 g/mol.